The second-order valence-electron chi connectivity index (χ2n) is 5.03. The molecule has 21 heavy (non-hydrogen) atoms. The first-order valence-corrected chi connectivity index (χ1v) is 8.83. The van der Waals surface area contributed by atoms with Crippen LogP contribution >= 0.6 is 15.9 Å². The number of carboxylic acids is 1. The smallest absolute Gasteiger partial charge is 0.338 e. The van der Waals surface area contributed by atoms with Gasteiger partial charge in [-0.1, -0.05) is 35.2 Å². The Hall–Kier alpha value is -0.990. The molecular formula is C13H15BrFNO4S. The number of benzene rings is 1. The lowest BCUT2D eigenvalue weighted by molar-refractivity contribution is 0.0691. The van der Waals surface area contributed by atoms with Crippen LogP contribution in [-0.2, 0) is 10.0 Å². The van der Waals surface area contributed by atoms with Gasteiger partial charge in [0, 0.05) is 10.5 Å². The van der Waals surface area contributed by atoms with Crippen molar-refractivity contribution in [3.63, 3.8) is 0 Å². The van der Waals surface area contributed by atoms with Crippen LogP contribution < -0.4 is 4.72 Å². The lowest BCUT2D eigenvalue weighted by atomic mass is 9.96. The highest BCUT2D eigenvalue weighted by Crippen LogP contribution is 2.26. The first-order valence-electron chi connectivity index (χ1n) is 6.56. The van der Waals surface area contributed by atoms with Gasteiger partial charge in [0.1, 0.15) is 4.90 Å². The summed E-state index contributed by atoms with van der Waals surface area (Å²) in [6.45, 7) is 0. The highest BCUT2D eigenvalue weighted by atomic mass is 79.9. The van der Waals surface area contributed by atoms with Gasteiger partial charge in [0.25, 0.3) is 0 Å². The molecule has 116 valence electrons. The largest absolute Gasteiger partial charge is 0.478 e. The fraction of sp³-hybridized carbons (Fsp3) is 0.462. The summed E-state index contributed by atoms with van der Waals surface area (Å²) in [6, 6.07) is 1.89. The van der Waals surface area contributed by atoms with Crippen molar-refractivity contribution < 1.29 is 22.7 Å². The Balaban J connectivity index is 2.37. The highest BCUT2D eigenvalue weighted by molar-refractivity contribution is 9.10. The van der Waals surface area contributed by atoms with Crippen LogP contribution in [0.15, 0.2) is 21.5 Å². The molecule has 1 aliphatic rings. The van der Waals surface area contributed by atoms with Crippen LogP contribution in [0.4, 0.5) is 4.39 Å². The van der Waals surface area contributed by atoms with Gasteiger partial charge < -0.3 is 5.11 Å². The normalized spacial score (nSPS) is 16.9. The van der Waals surface area contributed by atoms with Crippen LogP contribution in [0.5, 0.6) is 0 Å². The second kappa shape index (κ2) is 6.41. The summed E-state index contributed by atoms with van der Waals surface area (Å²) >= 11 is 3.01. The van der Waals surface area contributed by atoms with E-state index in [4.69, 9.17) is 5.11 Å². The number of halogens is 2. The van der Waals surface area contributed by atoms with Gasteiger partial charge in [-0.15, -0.1) is 0 Å². The zero-order valence-corrected chi connectivity index (χ0v) is 13.5. The van der Waals surface area contributed by atoms with Gasteiger partial charge in [0.15, 0.2) is 5.82 Å². The molecule has 2 N–H and O–H groups in total. The Kier molecular flexibility index (Phi) is 5.00. The van der Waals surface area contributed by atoms with Crippen molar-refractivity contribution in [2.24, 2.45) is 0 Å². The number of carbonyl (C=O) groups is 1. The Labute approximate surface area is 130 Å². The molecule has 0 amide bonds. The summed E-state index contributed by atoms with van der Waals surface area (Å²) in [4.78, 5) is 10.3. The SMILES string of the molecule is O=C(O)c1cc(Br)cc(S(=O)(=O)NC2CCCCC2)c1F. The minimum absolute atomic E-state index is 0.199. The van der Waals surface area contributed by atoms with Gasteiger partial charge in [-0.05, 0) is 25.0 Å². The molecule has 1 saturated carbocycles. The summed E-state index contributed by atoms with van der Waals surface area (Å²) in [5.41, 5.74) is -0.673. The van der Waals surface area contributed by atoms with Crippen LogP contribution in [0.1, 0.15) is 42.5 Å². The zero-order chi connectivity index (χ0) is 15.6. The predicted octanol–water partition coefficient (Wildman–Crippen LogP) is 2.90. The first-order chi connectivity index (χ1) is 9.81. The van der Waals surface area contributed by atoms with Crippen LogP contribution in [0.3, 0.4) is 0 Å². The lowest BCUT2D eigenvalue weighted by Gasteiger charge is -2.22. The third-order valence-corrected chi connectivity index (χ3v) is 5.43. The Morgan fingerprint density at radius 3 is 2.48 bits per heavy atom. The standard InChI is InChI=1S/C13H15BrFNO4S/c14-8-6-10(13(17)18)12(15)11(7-8)21(19,20)16-9-4-2-1-3-5-9/h6-7,9,16H,1-5H2,(H,17,18). The monoisotopic (exact) mass is 379 g/mol. The van der Waals surface area contributed by atoms with E-state index in [1.165, 1.54) is 0 Å². The molecule has 0 spiro atoms. The predicted molar refractivity (Wildman–Crippen MR) is 78.3 cm³/mol. The lowest BCUT2D eigenvalue weighted by Crippen LogP contribution is -2.36. The molecule has 1 aromatic carbocycles. The fourth-order valence-electron chi connectivity index (χ4n) is 2.42. The highest BCUT2D eigenvalue weighted by Gasteiger charge is 2.27. The maximum atomic E-state index is 14.1. The molecule has 0 aliphatic heterocycles. The first kappa shape index (κ1) is 16.4. The van der Waals surface area contributed by atoms with E-state index in [1.54, 1.807) is 0 Å². The number of nitrogens with one attached hydrogen (secondary N) is 1. The van der Waals surface area contributed by atoms with E-state index in [2.05, 4.69) is 20.7 Å². The molecular weight excluding hydrogens is 365 g/mol. The average Bonchev–Trinajstić information content (AvgIpc) is 2.41. The minimum Gasteiger partial charge on any atom is -0.478 e. The van der Waals surface area contributed by atoms with Crippen molar-refractivity contribution in [3.8, 4) is 0 Å². The van der Waals surface area contributed by atoms with Crippen molar-refractivity contribution in [1.29, 1.82) is 0 Å². The summed E-state index contributed by atoms with van der Waals surface area (Å²) in [5.74, 6) is -2.75. The molecule has 1 fully saturated rings. The molecule has 8 heteroatoms. The number of sulfonamides is 1. The molecule has 0 heterocycles. The molecule has 0 aromatic heterocycles. The number of hydrogen-bond donors (Lipinski definition) is 2. The molecule has 0 atom stereocenters. The van der Waals surface area contributed by atoms with Gasteiger partial charge in [-0.2, -0.15) is 0 Å². The van der Waals surface area contributed by atoms with Crippen LogP contribution in [-0.4, -0.2) is 25.5 Å². The number of hydrogen-bond acceptors (Lipinski definition) is 3. The maximum Gasteiger partial charge on any atom is 0.338 e. The summed E-state index contributed by atoms with van der Waals surface area (Å²) in [7, 11) is -4.09. The molecule has 2 rings (SSSR count). The second-order valence-corrected chi connectivity index (χ2v) is 7.62. The van der Waals surface area contributed by atoms with E-state index in [-0.39, 0.29) is 10.5 Å². The summed E-state index contributed by atoms with van der Waals surface area (Å²) < 4.78 is 41.4. The third kappa shape index (κ3) is 3.81. The topological polar surface area (TPSA) is 83.5 Å². The van der Waals surface area contributed by atoms with E-state index < -0.39 is 32.3 Å². The van der Waals surface area contributed by atoms with Gasteiger partial charge in [0.05, 0.1) is 5.56 Å². The van der Waals surface area contributed by atoms with Gasteiger partial charge in [0.2, 0.25) is 10.0 Å². The third-order valence-electron chi connectivity index (χ3n) is 3.45. The Morgan fingerprint density at radius 1 is 1.29 bits per heavy atom. The summed E-state index contributed by atoms with van der Waals surface area (Å²) in [6.07, 6.45) is 4.33. The van der Waals surface area contributed by atoms with Gasteiger partial charge >= 0.3 is 5.97 Å². The van der Waals surface area contributed by atoms with E-state index in [0.29, 0.717) is 12.8 Å². The van der Waals surface area contributed by atoms with Crippen LogP contribution in [0.25, 0.3) is 0 Å². The molecule has 5 nitrogen and oxygen atoms in total. The quantitative estimate of drug-likeness (QED) is 0.842. The molecule has 1 aliphatic carbocycles. The molecule has 0 unspecified atom stereocenters. The summed E-state index contributed by atoms with van der Waals surface area (Å²) in [5, 5.41) is 8.93. The van der Waals surface area contributed by atoms with Crippen molar-refractivity contribution in [1.82, 2.24) is 4.72 Å². The average molecular weight is 380 g/mol. The maximum absolute atomic E-state index is 14.1. The number of rotatable bonds is 4. The van der Waals surface area contributed by atoms with Crippen LogP contribution in [0, 0.1) is 5.82 Å². The molecule has 1 aromatic rings. The minimum atomic E-state index is -4.09. The molecule has 0 radical (unpaired) electrons. The van der Waals surface area contributed by atoms with E-state index in [0.717, 1.165) is 31.4 Å². The van der Waals surface area contributed by atoms with Crippen molar-refractivity contribution in [2.75, 3.05) is 0 Å². The van der Waals surface area contributed by atoms with Crippen molar-refractivity contribution in [3.05, 3.63) is 28.0 Å². The number of aromatic carboxylic acids is 1. The number of carboxylic acid groups (broad SMARTS) is 1. The van der Waals surface area contributed by atoms with Crippen molar-refractivity contribution >= 4 is 31.9 Å². The van der Waals surface area contributed by atoms with E-state index in [1.807, 2.05) is 0 Å². The van der Waals surface area contributed by atoms with Crippen LogP contribution in [0.2, 0.25) is 0 Å². The van der Waals surface area contributed by atoms with E-state index >= 15 is 0 Å². The fourth-order valence-corrected chi connectivity index (χ4v) is 4.46. The zero-order valence-electron chi connectivity index (χ0n) is 11.1. The Bertz CT molecular complexity index is 656. The molecule has 0 saturated heterocycles. The molecule has 0 bridgehead atoms. The van der Waals surface area contributed by atoms with Gasteiger partial charge in [-0.25, -0.2) is 22.3 Å². The van der Waals surface area contributed by atoms with E-state index in [9.17, 15) is 17.6 Å². The van der Waals surface area contributed by atoms with Gasteiger partial charge in [-0.3, -0.25) is 0 Å². The van der Waals surface area contributed by atoms with Crippen molar-refractivity contribution in [2.45, 2.75) is 43.0 Å². The Morgan fingerprint density at radius 2 is 1.90 bits per heavy atom.